The van der Waals surface area contributed by atoms with Gasteiger partial charge in [0.05, 0.1) is 13.7 Å². The number of ether oxygens (including phenoxy) is 2. The van der Waals surface area contributed by atoms with E-state index in [-0.39, 0.29) is 11.4 Å². The topological polar surface area (TPSA) is 51.7 Å². The second-order valence-corrected chi connectivity index (χ2v) is 7.04. The summed E-state index contributed by atoms with van der Waals surface area (Å²) in [5, 5.41) is 0. The molecule has 0 saturated carbocycles. The number of ketones is 1. The molecule has 0 amide bonds. The number of piperidine rings is 1. The molecule has 1 fully saturated rings. The van der Waals surface area contributed by atoms with Gasteiger partial charge >= 0.3 is 0 Å². The van der Waals surface area contributed by atoms with Crippen molar-refractivity contribution in [1.29, 1.82) is 0 Å². The van der Waals surface area contributed by atoms with Crippen molar-refractivity contribution in [2.45, 2.75) is 31.8 Å². The van der Waals surface area contributed by atoms with Crippen LogP contribution in [-0.2, 0) is 16.8 Å². The van der Waals surface area contributed by atoms with Gasteiger partial charge in [-0.15, -0.1) is 0 Å². The molecule has 1 spiro atoms. The molecule has 26 heavy (non-hydrogen) atoms. The molecule has 1 saturated heterocycles. The van der Waals surface area contributed by atoms with Gasteiger partial charge in [0.25, 0.3) is 0 Å². The van der Waals surface area contributed by atoms with Gasteiger partial charge < -0.3 is 14.4 Å². The monoisotopic (exact) mass is 352 g/mol. The van der Waals surface area contributed by atoms with Crippen LogP contribution in [0.5, 0.6) is 5.75 Å². The fraction of sp³-hybridized carbons (Fsp3) is 0.429. The number of anilines is 1. The van der Waals surface area contributed by atoms with Gasteiger partial charge in [0.2, 0.25) is 0 Å². The van der Waals surface area contributed by atoms with E-state index in [2.05, 4.69) is 22.0 Å². The lowest BCUT2D eigenvalue weighted by molar-refractivity contribution is -0.0780. The van der Waals surface area contributed by atoms with Crippen LogP contribution >= 0.6 is 0 Å². The van der Waals surface area contributed by atoms with Crippen molar-refractivity contribution in [1.82, 2.24) is 4.98 Å². The summed E-state index contributed by atoms with van der Waals surface area (Å²) >= 11 is 0. The summed E-state index contributed by atoms with van der Waals surface area (Å²) in [7, 11) is 1.73. The zero-order chi connectivity index (χ0) is 18.1. The van der Waals surface area contributed by atoms with Gasteiger partial charge in [0.1, 0.15) is 17.2 Å². The molecule has 0 bridgehead atoms. The molecule has 0 atom stereocenters. The molecule has 0 unspecified atom stereocenters. The Morgan fingerprint density at radius 3 is 2.69 bits per heavy atom. The molecule has 2 aliphatic rings. The number of hydrogen-bond acceptors (Lipinski definition) is 5. The summed E-state index contributed by atoms with van der Waals surface area (Å²) in [6.45, 7) is 4.05. The molecule has 1 aromatic heterocycles. The number of methoxy groups -OCH3 is 1. The lowest BCUT2D eigenvalue weighted by Crippen LogP contribution is -2.47. The van der Waals surface area contributed by atoms with Crippen molar-refractivity contribution in [3.8, 4) is 5.75 Å². The molecule has 2 aliphatic heterocycles. The van der Waals surface area contributed by atoms with Gasteiger partial charge in [0, 0.05) is 30.4 Å². The minimum absolute atomic E-state index is 0.0426. The molecular weight excluding hydrogens is 328 g/mol. The van der Waals surface area contributed by atoms with Crippen LogP contribution in [0.25, 0.3) is 0 Å². The zero-order valence-corrected chi connectivity index (χ0v) is 15.3. The number of nitrogens with zero attached hydrogens (tertiary/aromatic N) is 2. The Balaban J connectivity index is 1.57. The number of carbonyl (C=O) groups is 1. The molecule has 0 N–H and O–H groups in total. The van der Waals surface area contributed by atoms with Gasteiger partial charge in [0.15, 0.2) is 5.78 Å². The van der Waals surface area contributed by atoms with Crippen molar-refractivity contribution >= 4 is 11.6 Å². The van der Waals surface area contributed by atoms with E-state index in [9.17, 15) is 4.79 Å². The predicted molar refractivity (Wildman–Crippen MR) is 100 cm³/mol. The quantitative estimate of drug-likeness (QED) is 0.793. The van der Waals surface area contributed by atoms with E-state index < -0.39 is 0 Å². The third-order valence-electron chi connectivity index (χ3n) is 5.59. The summed E-state index contributed by atoms with van der Waals surface area (Å²) in [6, 6.07) is 10.1. The molecule has 0 aliphatic carbocycles. The van der Waals surface area contributed by atoms with Crippen LogP contribution in [0, 0.1) is 0 Å². The summed E-state index contributed by atoms with van der Waals surface area (Å²) in [5.74, 6) is 1.89. The highest BCUT2D eigenvalue weighted by molar-refractivity contribution is 5.93. The second-order valence-electron chi connectivity index (χ2n) is 7.04. The van der Waals surface area contributed by atoms with Crippen molar-refractivity contribution in [3.63, 3.8) is 0 Å². The highest BCUT2D eigenvalue weighted by atomic mass is 16.5. The van der Waals surface area contributed by atoms with Crippen molar-refractivity contribution in [3.05, 3.63) is 53.2 Å². The minimum atomic E-state index is -0.268. The molecule has 5 heteroatoms. The van der Waals surface area contributed by atoms with Gasteiger partial charge in [-0.25, -0.2) is 4.98 Å². The summed E-state index contributed by atoms with van der Waals surface area (Å²) in [5.41, 5.74) is 2.95. The van der Waals surface area contributed by atoms with Crippen LogP contribution < -0.4 is 9.64 Å². The van der Waals surface area contributed by atoms with Crippen LogP contribution in [0.4, 0.5) is 5.82 Å². The van der Waals surface area contributed by atoms with Crippen LogP contribution in [0.2, 0.25) is 0 Å². The average Bonchev–Trinajstić information content (AvgIpc) is 2.68. The predicted octanol–water partition coefficient (Wildman–Crippen LogP) is 3.36. The van der Waals surface area contributed by atoms with Crippen molar-refractivity contribution in [2.24, 2.45) is 0 Å². The maximum Gasteiger partial charge on any atom is 0.161 e. The van der Waals surface area contributed by atoms with Gasteiger partial charge in [-0.2, -0.15) is 0 Å². The highest BCUT2D eigenvalue weighted by Crippen LogP contribution is 2.46. The molecule has 3 heterocycles. The number of pyridine rings is 1. The van der Waals surface area contributed by atoms with Gasteiger partial charge in [-0.1, -0.05) is 12.1 Å². The first-order valence-corrected chi connectivity index (χ1v) is 9.15. The first-order chi connectivity index (χ1) is 12.6. The number of benzene rings is 1. The van der Waals surface area contributed by atoms with Crippen LogP contribution in [0.3, 0.4) is 0 Å². The van der Waals surface area contributed by atoms with E-state index in [0.29, 0.717) is 5.56 Å². The van der Waals surface area contributed by atoms with Gasteiger partial charge in [-0.3, -0.25) is 4.79 Å². The number of aromatic nitrogens is 1. The minimum Gasteiger partial charge on any atom is -0.496 e. The Morgan fingerprint density at radius 2 is 2.04 bits per heavy atom. The fourth-order valence-corrected chi connectivity index (χ4v) is 4.17. The Morgan fingerprint density at radius 1 is 1.23 bits per heavy atom. The normalized spacial score (nSPS) is 18.5. The molecule has 2 aromatic rings. The van der Waals surface area contributed by atoms with E-state index >= 15 is 0 Å². The first-order valence-electron chi connectivity index (χ1n) is 9.15. The number of rotatable bonds is 3. The van der Waals surface area contributed by atoms with E-state index in [4.69, 9.17) is 9.47 Å². The van der Waals surface area contributed by atoms with E-state index in [1.807, 2.05) is 18.2 Å². The molecule has 136 valence electrons. The SMILES string of the molecule is COc1cccc2c1C1(CCN(c3ccc(C(C)=O)cn3)CC1)OCC2. The Labute approximate surface area is 153 Å². The third kappa shape index (κ3) is 2.86. The smallest absolute Gasteiger partial charge is 0.161 e. The number of hydrogen-bond donors (Lipinski definition) is 0. The maximum absolute atomic E-state index is 11.4. The Hall–Kier alpha value is -2.40. The fourth-order valence-electron chi connectivity index (χ4n) is 4.17. The number of Topliss-reactive ketones (excluding diaryl/α,β-unsaturated/α-hetero) is 1. The lowest BCUT2D eigenvalue weighted by Gasteiger charge is -2.45. The summed E-state index contributed by atoms with van der Waals surface area (Å²) in [4.78, 5) is 18.2. The van der Waals surface area contributed by atoms with Crippen molar-refractivity contribution < 1.29 is 14.3 Å². The maximum atomic E-state index is 11.4. The summed E-state index contributed by atoms with van der Waals surface area (Å²) < 4.78 is 12.0. The average molecular weight is 352 g/mol. The Bertz CT molecular complexity index is 794. The Kier molecular flexibility index (Phi) is 4.41. The van der Waals surface area contributed by atoms with E-state index in [1.54, 1.807) is 20.2 Å². The highest BCUT2D eigenvalue weighted by Gasteiger charge is 2.43. The summed E-state index contributed by atoms with van der Waals surface area (Å²) in [6.07, 6.45) is 4.40. The van der Waals surface area contributed by atoms with Crippen LogP contribution in [-0.4, -0.2) is 37.6 Å². The largest absolute Gasteiger partial charge is 0.496 e. The second kappa shape index (κ2) is 6.72. The van der Waals surface area contributed by atoms with Gasteiger partial charge in [-0.05, 0) is 49.9 Å². The van der Waals surface area contributed by atoms with E-state index in [1.165, 1.54) is 11.1 Å². The molecule has 0 radical (unpaired) electrons. The number of carbonyl (C=O) groups excluding carboxylic acids is 1. The lowest BCUT2D eigenvalue weighted by atomic mass is 9.79. The van der Waals surface area contributed by atoms with Crippen LogP contribution in [0.1, 0.15) is 41.3 Å². The zero-order valence-electron chi connectivity index (χ0n) is 15.3. The molecule has 4 rings (SSSR count). The molecule has 5 nitrogen and oxygen atoms in total. The third-order valence-corrected chi connectivity index (χ3v) is 5.59. The number of fused-ring (bicyclic) bond motifs is 2. The van der Waals surface area contributed by atoms with Crippen LogP contribution in [0.15, 0.2) is 36.5 Å². The molecule has 1 aromatic carbocycles. The van der Waals surface area contributed by atoms with E-state index in [0.717, 1.165) is 50.5 Å². The first kappa shape index (κ1) is 17.0. The standard InChI is InChI=1S/C21H24N2O3/c1-15(24)17-6-7-19(22-14-17)23-11-9-21(10-12-23)20-16(8-13-26-21)4-3-5-18(20)25-2/h3-7,14H,8-13H2,1-2H3. The molecular formula is C21H24N2O3. The van der Waals surface area contributed by atoms with Crippen molar-refractivity contribution in [2.75, 3.05) is 31.7 Å².